The molecular weight excluding hydrogens is 170 g/mol. The van der Waals surface area contributed by atoms with Gasteiger partial charge in [-0.15, -0.1) is 0 Å². The fourth-order valence-electron chi connectivity index (χ4n) is 1.41. The number of anilines is 1. The zero-order valence-corrected chi connectivity index (χ0v) is 7.12. The Hall–Kier alpha value is -1.36. The van der Waals surface area contributed by atoms with Crippen molar-refractivity contribution < 1.29 is 4.74 Å². The lowest BCUT2D eigenvalue weighted by atomic mass is 10.0. The van der Waals surface area contributed by atoms with Crippen LogP contribution in [0.3, 0.4) is 0 Å². The molecule has 0 aliphatic carbocycles. The number of rotatable bonds is 1. The van der Waals surface area contributed by atoms with Gasteiger partial charge in [0.25, 0.3) is 5.56 Å². The van der Waals surface area contributed by atoms with Crippen molar-refractivity contribution in [2.75, 3.05) is 18.9 Å². The minimum atomic E-state index is -0.331. The van der Waals surface area contributed by atoms with Crippen LogP contribution in [-0.2, 0) is 4.74 Å². The molecular formula is C8H11N3O2. The average Bonchev–Trinajstić information content (AvgIpc) is 2.62. The molecule has 2 heterocycles. The average molecular weight is 181 g/mol. The van der Waals surface area contributed by atoms with Gasteiger partial charge in [-0.05, 0) is 12.5 Å². The summed E-state index contributed by atoms with van der Waals surface area (Å²) in [6, 6.07) is 1.62. The number of nitrogens with two attached hydrogens (primary N) is 1. The van der Waals surface area contributed by atoms with Gasteiger partial charge >= 0.3 is 0 Å². The highest BCUT2D eigenvalue weighted by molar-refractivity contribution is 5.35. The van der Waals surface area contributed by atoms with Gasteiger partial charge in [-0.2, -0.15) is 5.10 Å². The van der Waals surface area contributed by atoms with Crippen molar-refractivity contribution >= 4 is 5.69 Å². The summed E-state index contributed by atoms with van der Waals surface area (Å²) in [5, 5.41) is 6.28. The van der Waals surface area contributed by atoms with Gasteiger partial charge in [0.2, 0.25) is 0 Å². The zero-order valence-electron chi connectivity index (χ0n) is 7.12. The Balaban J connectivity index is 2.30. The van der Waals surface area contributed by atoms with Gasteiger partial charge in [0.1, 0.15) is 5.69 Å². The maximum atomic E-state index is 10.9. The van der Waals surface area contributed by atoms with Crippen LogP contribution in [0.4, 0.5) is 5.69 Å². The Kier molecular flexibility index (Phi) is 2.02. The summed E-state index contributed by atoms with van der Waals surface area (Å²) in [4.78, 5) is 10.9. The lowest BCUT2D eigenvalue weighted by Crippen LogP contribution is -2.16. The summed E-state index contributed by atoms with van der Waals surface area (Å²) in [7, 11) is 0. The molecule has 5 nitrogen and oxygen atoms in total. The molecule has 1 saturated heterocycles. The minimum absolute atomic E-state index is 0.219. The smallest absolute Gasteiger partial charge is 0.287 e. The number of nitrogen functional groups attached to an aromatic ring is 1. The fraction of sp³-hybridized carbons (Fsp3) is 0.500. The lowest BCUT2D eigenvalue weighted by Gasteiger charge is -2.05. The molecule has 1 aromatic rings. The molecule has 1 fully saturated rings. The Labute approximate surface area is 74.9 Å². The normalized spacial score (nSPS) is 22.0. The summed E-state index contributed by atoms with van der Waals surface area (Å²) in [5.41, 5.74) is 6.17. The maximum absolute atomic E-state index is 10.9. The number of nitrogens with one attached hydrogen (secondary N) is 1. The Morgan fingerprint density at radius 2 is 2.54 bits per heavy atom. The van der Waals surface area contributed by atoms with Crippen LogP contribution in [0, 0.1) is 0 Å². The van der Waals surface area contributed by atoms with Gasteiger partial charge in [0, 0.05) is 12.5 Å². The lowest BCUT2D eigenvalue weighted by molar-refractivity contribution is 0.193. The Bertz CT molecular complexity index is 355. The van der Waals surface area contributed by atoms with Gasteiger partial charge in [-0.1, -0.05) is 0 Å². The van der Waals surface area contributed by atoms with Crippen LogP contribution in [0.5, 0.6) is 0 Å². The first-order chi connectivity index (χ1) is 6.27. The van der Waals surface area contributed by atoms with Crippen LogP contribution in [0.25, 0.3) is 0 Å². The largest absolute Gasteiger partial charge is 0.394 e. The third-order valence-corrected chi connectivity index (χ3v) is 2.20. The zero-order chi connectivity index (χ0) is 9.26. The number of nitrogens with zero attached hydrogens (tertiary/aromatic N) is 1. The Morgan fingerprint density at radius 3 is 3.15 bits per heavy atom. The van der Waals surface area contributed by atoms with Crippen molar-refractivity contribution in [2.24, 2.45) is 0 Å². The van der Waals surface area contributed by atoms with E-state index in [-0.39, 0.29) is 17.2 Å². The molecule has 0 saturated carbocycles. The van der Waals surface area contributed by atoms with E-state index >= 15 is 0 Å². The van der Waals surface area contributed by atoms with E-state index < -0.39 is 0 Å². The van der Waals surface area contributed by atoms with Gasteiger partial charge in [-0.25, -0.2) is 5.10 Å². The van der Waals surface area contributed by atoms with Crippen LogP contribution in [0.15, 0.2) is 10.9 Å². The SMILES string of the molecule is Nc1cc(C2CCOC2)n[nH]c1=O. The van der Waals surface area contributed by atoms with Crippen LogP contribution < -0.4 is 11.3 Å². The summed E-state index contributed by atoms with van der Waals surface area (Å²) in [5.74, 6) is 0.277. The quantitative estimate of drug-likeness (QED) is 0.631. The van der Waals surface area contributed by atoms with E-state index in [9.17, 15) is 4.79 Å². The number of aromatic nitrogens is 2. The highest BCUT2D eigenvalue weighted by Crippen LogP contribution is 2.22. The van der Waals surface area contributed by atoms with E-state index in [1.165, 1.54) is 0 Å². The molecule has 0 spiro atoms. The summed E-state index contributed by atoms with van der Waals surface area (Å²) < 4.78 is 5.21. The molecule has 1 aliphatic heterocycles. The molecule has 1 aliphatic rings. The van der Waals surface area contributed by atoms with Crippen molar-refractivity contribution in [1.29, 1.82) is 0 Å². The van der Waals surface area contributed by atoms with Crippen molar-refractivity contribution in [2.45, 2.75) is 12.3 Å². The topological polar surface area (TPSA) is 81.0 Å². The first-order valence-corrected chi connectivity index (χ1v) is 4.20. The second-order valence-corrected chi connectivity index (χ2v) is 3.14. The van der Waals surface area contributed by atoms with E-state index in [2.05, 4.69) is 10.2 Å². The van der Waals surface area contributed by atoms with Gasteiger partial charge in [0.15, 0.2) is 0 Å². The highest BCUT2D eigenvalue weighted by Gasteiger charge is 2.19. The summed E-state index contributed by atoms with van der Waals surface area (Å²) >= 11 is 0. The number of ether oxygens (including phenoxy) is 1. The molecule has 2 rings (SSSR count). The molecule has 0 bridgehead atoms. The molecule has 13 heavy (non-hydrogen) atoms. The number of hydrogen-bond donors (Lipinski definition) is 2. The van der Waals surface area contributed by atoms with Crippen LogP contribution in [0.1, 0.15) is 18.0 Å². The molecule has 5 heteroatoms. The second-order valence-electron chi connectivity index (χ2n) is 3.14. The van der Waals surface area contributed by atoms with Gasteiger partial charge in [0.05, 0.1) is 12.3 Å². The molecule has 0 aromatic carbocycles. The second kappa shape index (κ2) is 3.18. The molecule has 3 N–H and O–H groups in total. The predicted octanol–water partition coefficient (Wildman–Crippen LogP) is -0.144. The van der Waals surface area contributed by atoms with Gasteiger partial charge < -0.3 is 10.5 Å². The number of hydrogen-bond acceptors (Lipinski definition) is 4. The van der Waals surface area contributed by atoms with Gasteiger partial charge in [-0.3, -0.25) is 4.79 Å². The van der Waals surface area contributed by atoms with Crippen LogP contribution in [0.2, 0.25) is 0 Å². The monoisotopic (exact) mass is 181 g/mol. The third kappa shape index (κ3) is 1.55. The maximum Gasteiger partial charge on any atom is 0.287 e. The summed E-state index contributed by atoms with van der Waals surface area (Å²) in [6.07, 6.45) is 0.943. The molecule has 1 unspecified atom stereocenters. The molecule has 0 radical (unpaired) electrons. The first kappa shape index (κ1) is 8.25. The van der Waals surface area contributed by atoms with Crippen molar-refractivity contribution in [3.63, 3.8) is 0 Å². The minimum Gasteiger partial charge on any atom is -0.394 e. The molecule has 1 aromatic heterocycles. The van der Waals surface area contributed by atoms with Crippen LogP contribution in [-0.4, -0.2) is 23.4 Å². The van der Waals surface area contributed by atoms with Crippen LogP contribution >= 0.6 is 0 Å². The predicted molar refractivity (Wildman–Crippen MR) is 47.4 cm³/mol. The van der Waals surface area contributed by atoms with E-state index in [1.54, 1.807) is 6.07 Å². The molecule has 70 valence electrons. The fourth-order valence-corrected chi connectivity index (χ4v) is 1.41. The van der Waals surface area contributed by atoms with E-state index in [0.717, 1.165) is 18.7 Å². The van der Waals surface area contributed by atoms with E-state index in [0.29, 0.717) is 6.61 Å². The third-order valence-electron chi connectivity index (χ3n) is 2.20. The van der Waals surface area contributed by atoms with Crippen molar-refractivity contribution in [1.82, 2.24) is 10.2 Å². The molecule has 0 amide bonds. The highest BCUT2D eigenvalue weighted by atomic mass is 16.5. The van der Waals surface area contributed by atoms with E-state index in [4.69, 9.17) is 10.5 Å². The summed E-state index contributed by atoms with van der Waals surface area (Å²) in [6.45, 7) is 1.42. The number of H-pyrrole nitrogens is 1. The molecule has 1 atom stereocenters. The first-order valence-electron chi connectivity index (χ1n) is 4.20. The van der Waals surface area contributed by atoms with Crippen molar-refractivity contribution in [3.05, 3.63) is 22.1 Å². The standard InChI is InChI=1S/C8H11N3O2/c9-6-3-7(10-11-8(6)12)5-1-2-13-4-5/h3,5H,1-2,4H2,(H2,9,10)(H,11,12). The van der Waals surface area contributed by atoms with E-state index in [1.807, 2.05) is 0 Å². The number of aromatic amines is 1. The Morgan fingerprint density at radius 1 is 1.69 bits per heavy atom. The van der Waals surface area contributed by atoms with Crippen molar-refractivity contribution in [3.8, 4) is 0 Å².